The van der Waals surface area contributed by atoms with Crippen molar-refractivity contribution >= 4 is 10.0 Å². The van der Waals surface area contributed by atoms with Crippen molar-refractivity contribution in [3.63, 3.8) is 0 Å². The van der Waals surface area contributed by atoms with Gasteiger partial charge in [-0.3, -0.25) is 4.90 Å². The molecule has 1 aliphatic heterocycles. The lowest BCUT2D eigenvalue weighted by Gasteiger charge is -2.33. The number of benzene rings is 1. The molecule has 0 saturated carbocycles. The molecule has 0 radical (unpaired) electrons. The molecule has 7 heteroatoms. The van der Waals surface area contributed by atoms with Gasteiger partial charge in [0.25, 0.3) is 0 Å². The highest BCUT2D eigenvalue weighted by Gasteiger charge is 2.29. The molecule has 3 N–H and O–H groups in total. The molecule has 1 saturated heterocycles. The van der Waals surface area contributed by atoms with E-state index < -0.39 is 10.0 Å². The quantitative estimate of drug-likeness (QED) is 0.783. The van der Waals surface area contributed by atoms with Gasteiger partial charge in [-0.2, -0.15) is 4.31 Å². The van der Waals surface area contributed by atoms with E-state index in [1.54, 1.807) is 19.1 Å². The number of aliphatic hydroxyl groups is 1. The second-order valence-electron chi connectivity index (χ2n) is 5.27. The van der Waals surface area contributed by atoms with Crippen LogP contribution in [0.25, 0.3) is 0 Å². The highest BCUT2D eigenvalue weighted by Crippen LogP contribution is 2.22. The minimum absolute atomic E-state index is 0.102. The van der Waals surface area contributed by atoms with Crippen LogP contribution in [-0.4, -0.2) is 62.1 Å². The van der Waals surface area contributed by atoms with Crippen molar-refractivity contribution in [3.8, 4) is 0 Å². The van der Waals surface area contributed by atoms with Crippen LogP contribution in [0.1, 0.15) is 11.1 Å². The van der Waals surface area contributed by atoms with Crippen LogP contribution in [0.3, 0.4) is 0 Å². The summed E-state index contributed by atoms with van der Waals surface area (Å²) < 4.78 is 27.0. The molecule has 1 fully saturated rings. The third-order valence-electron chi connectivity index (χ3n) is 3.85. The molecule has 2 rings (SSSR count). The molecule has 1 aliphatic rings. The first-order chi connectivity index (χ1) is 9.98. The van der Waals surface area contributed by atoms with E-state index in [0.29, 0.717) is 44.2 Å². The molecule has 6 nitrogen and oxygen atoms in total. The van der Waals surface area contributed by atoms with E-state index in [4.69, 9.17) is 10.8 Å². The van der Waals surface area contributed by atoms with Crippen LogP contribution in [-0.2, 0) is 16.6 Å². The highest BCUT2D eigenvalue weighted by molar-refractivity contribution is 7.89. The van der Waals surface area contributed by atoms with Gasteiger partial charge < -0.3 is 10.8 Å². The molecule has 1 aromatic carbocycles. The zero-order valence-electron chi connectivity index (χ0n) is 12.3. The number of hydrogen-bond donors (Lipinski definition) is 2. The number of nitrogens with zero attached hydrogens (tertiary/aromatic N) is 2. The highest BCUT2D eigenvalue weighted by atomic mass is 32.2. The van der Waals surface area contributed by atoms with E-state index in [1.165, 1.54) is 4.31 Å². The zero-order chi connectivity index (χ0) is 15.5. The maximum atomic E-state index is 12.8. The summed E-state index contributed by atoms with van der Waals surface area (Å²) in [5, 5.41) is 8.93. The van der Waals surface area contributed by atoms with E-state index in [9.17, 15) is 8.42 Å². The van der Waals surface area contributed by atoms with E-state index in [0.717, 1.165) is 11.1 Å². The van der Waals surface area contributed by atoms with Crippen molar-refractivity contribution in [1.82, 2.24) is 9.21 Å². The molecule has 0 bridgehead atoms. The van der Waals surface area contributed by atoms with Gasteiger partial charge in [-0.25, -0.2) is 8.42 Å². The normalized spacial score (nSPS) is 18.0. The maximum absolute atomic E-state index is 12.8. The van der Waals surface area contributed by atoms with Crippen molar-refractivity contribution in [1.29, 1.82) is 0 Å². The summed E-state index contributed by atoms with van der Waals surface area (Å²) in [6, 6.07) is 5.33. The van der Waals surface area contributed by atoms with Crippen LogP contribution in [0, 0.1) is 6.92 Å². The monoisotopic (exact) mass is 313 g/mol. The van der Waals surface area contributed by atoms with E-state index in [-0.39, 0.29) is 6.61 Å². The molecule has 0 aromatic heterocycles. The van der Waals surface area contributed by atoms with Crippen molar-refractivity contribution < 1.29 is 13.5 Å². The number of sulfonamides is 1. The van der Waals surface area contributed by atoms with Crippen LogP contribution >= 0.6 is 0 Å². The molecule has 1 heterocycles. The average Bonchev–Trinajstić information content (AvgIpc) is 2.48. The number of piperazine rings is 1. The lowest BCUT2D eigenvalue weighted by Crippen LogP contribution is -2.49. The van der Waals surface area contributed by atoms with Crippen LogP contribution < -0.4 is 5.73 Å². The van der Waals surface area contributed by atoms with E-state index in [2.05, 4.69) is 4.90 Å². The summed E-state index contributed by atoms with van der Waals surface area (Å²) in [4.78, 5) is 2.41. The first-order valence-electron chi connectivity index (χ1n) is 7.12. The number of hydrogen-bond acceptors (Lipinski definition) is 5. The smallest absolute Gasteiger partial charge is 0.243 e. The van der Waals surface area contributed by atoms with E-state index >= 15 is 0 Å². The first kappa shape index (κ1) is 16.4. The summed E-state index contributed by atoms with van der Waals surface area (Å²) >= 11 is 0. The van der Waals surface area contributed by atoms with Crippen molar-refractivity contribution in [2.24, 2.45) is 5.73 Å². The molecule has 1 aromatic rings. The Kier molecular flexibility index (Phi) is 5.34. The summed E-state index contributed by atoms with van der Waals surface area (Å²) in [7, 11) is -3.48. The Hall–Kier alpha value is -0.990. The summed E-state index contributed by atoms with van der Waals surface area (Å²) in [6.45, 7) is 5.02. The summed E-state index contributed by atoms with van der Waals surface area (Å²) in [6.07, 6.45) is 0. The number of nitrogens with two attached hydrogens (primary N) is 1. The predicted molar refractivity (Wildman–Crippen MR) is 81.4 cm³/mol. The fourth-order valence-electron chi connectivity index (χ4n) is 2.52. The van der Waals surface area contributed by atoms with Crippen LogP contribution in [0.5, 0.6) is 0 Å². The van der Waals surface area contributed by atoms with Gasteiger partial charge in [-0.05, 0) is 24.1 Å². The zero-order valence-corrected chi connectivity index (χ0v) is 13.1. The predicted octanol–water partition coefficient (Wildman–Crippen LogP) is -0.248. The van der Waals surface area contributed by atoms with Gasteiger partial charge in [-0.1, -0.05) is 12.1 Å². The second-order valence-corrected chi connectivity index (χ2v) is 7.18. The number of β-amino-alcohol motifs (C(OH)–C–C–N with tert-alkyl or cyclic N) is 1. The van der Waals surface area contributed by atoms with E-state index in [1.807, 2.05) is 6.07 Å². The SMILES string of the molecule is Cc1ccc(CN)cc1S(=O)(=O)N1CCN(CCO)CC1. The van der Waals surface area contributed by atoms with Gasteiger partial charge in [0.05, 0.1) is 11.5 Å². The molecular weight excluding hydrogens is 290 g/mol. The summed E-state index contributed by atoms with van der Waals surface area (Å²) in [5.74, 6) is 0. The second kappa shape index (κ2) is 6.85. The number of aryl methyl sites for hydroxylation is 1. The topological polar surface area (TPSA) is 86.9 Å². The largest absolute Gasteiger partial charge is 0.395 e. The molecule has 0 unspecified atom stereocenters. The first-order valence-corrected chi connectivity index (χ1v) is 8.56. The Balaban J connectivity index is 2.19. The minimum atomic E-state index is -3.48. The van der Waals surface area contributed by atoms with Gasteiger partial charge in [0.2, 0.25) is 10.0 Å². The third kappa shape index (κ3) is 3.61. The molecule has 0 amide bonds. The van der Waals surface area contributed by atoms with Gasteiger partial charge in [0.15, 0.2) is 0 Å². The van der Waals surface area contributed by atoms with Gasteiger partial charge in [0, 0.05) is 39.3 Å². The van der Waals surface area contributed by atoms with Crippen LogP contribution in [0.2, 0.25) is 0 Å². The van der Waals surface area contributed by atoms with Gasteiger partial charge >= 0.3 is 0 Å². The maximum Gasteiger partial charge on any atom is 0.243 e. The van der Waals surface area contributed by atoms with Gasteiger partial charge in [-0.15, -0.1) is 0 Å². The summed E-state index contributed by atoms with van der Waals surface area (Å²) in [5.41, 5.74) is 7.16. The Morgan fingerprint density at radius 2 is 1.90 bits per heavy atom. The fraction of sp³-hybridized carbons (Fsp3) is 0.571. The lowest BCUT2D eigenvalue weighted by atomic mass is 10.1. The molecular formula is C14H23N3O3S. The number of rotatable bonds is 5. The number of aliphatic hydroxyl groups excluding tert-OH is 1. The molecule has 118 valence electrons. The fourth-order valence-corrected chi connectivity index (χ4v) is 4.22. The van der Waals surface area contributed by atoms with Crippen molar-refractivity contribution in [2.75, 3.05) is 39.3 Å². The van der Waals surface area contributed by atoms with Gasteiger partial charge in [0.1, 0.15) is 0 Å². The standard InChI is InChI=1S/C14H23N3O3S/c1-12-2-3-13(11-15)10-14(12)21(19,20)17-6-4-16(5-7-17)8-9-18/h2-3,10,18H,4-9,11,15H2,1H3. The molecule has 0 spiro atoms. The molecule has 0 aliphatic carbocycles. The Bertz CT molecular complexity index is 581. The van der Waals surface area contributed by atoms with Crippen LogP contribution in [0.15, 0.2) is 23.1 Å². The van der Waals surface area contributed by atoms with Crippen molar-refractivity contribution in [3.05, 3.63) is 29.3 Å². The minimum Gasteiger partial charge on any atom is -0.395 e. The molecule has 21 heavy (non-hydrogen) atoms. The van der Waals surface area contributed by atoms with Crippen molar-refractivity contribution in [2.45, 2.75) is 18.4 Å². The Labute approximate surface area is 126 Å². The lowest BCUT2D eigenvalue weighted by molar-refractivity contribution is 0.151. The average molecular weight is 313 g/mol. The third-order valence-corrected chi connectivity index (χ3v) is 5.89. The Morgan fingerprint density at radius 1 is 1.24 bits per heavy atom. The molecule has 0 atom stereocenters. The van der Waals surface area contributed by atoms with Crippen LogP contribution in [0.4, 0.5) is 0 Å². The Morgan fingerprint density at radius 3 is 2.48 bits per heavy atom.